The predicted octanol–water partition coefficient (Wildman–Crippen LogP) is 2.05. The number of hydrogen-bond acceptors (Lipinski definition) is 2. The molecule has 3 nitrogen and oxygen atoms in total. The third kappa shape index (κ3) is 1.52. The number of carbonyl (C=O) groups excluding carboxylic acids is 1. The summed E-state index contributed by atoms with van der Waals surface area (Å²) in [6.07, 6.45) is 1.52. The molecule has 14 heavy (non-hydrogen) atoms. The van der Waals surface area contributed by atoms with Crippen LogP contribution in [-0.4, -0.2) is 5.91 Å². The van der Waals surface area contributed by atoms with E-state index in [9.17, 15) is 4.79 Å². The molecule has 70 valence electrons. The summed E-state index contributed by atoms with van der Waals surface area (Å²) in [6, 6.07) is 11.3. The second-order valence-corrected chi connectivity index (χ2v) is 2.93. The summed E-state index contributed by atoms with van der Waals surface area (Å²) >= 11 is 0. The summed E-state index contributed by atoms with van der Waals surface area (Å²) in [4.78, 5) is 10.8. The molecule has 3 heteroatoms. The van der Waals surface area contributed by atoms with Crippen LogP contribution in [0.25, 0.3) is 11.1 Å². The van der Waals surface area contributed by atoms with Gasteiger partial charge in [0, 0.05) is 5.56 Å². The highest BCUT2D eigenvalue weighted by Crippen LogP contribution is 2.21. The van der Waals surface area contributed by atoms with E-state index in [1.54, 1.807) is 6.07 Å². The van der Waals surface area contributed by atoms with Gasteiger partial charge in [-0.15, -0.1) is 0 Å². The van der Waals surface area contributed by atoms with Crippen LogP contribution in [0.2, 0.25) is 0 Å². The Kier molecular flexibility index (Phi) is 2.07. The topological polar surface area (TPSA) is 56.2 Å². The Morgan fingerprint density at radius 1 is 1.14 bits per heavy atom. The molecule has 2 N–H and O–H groups in total. The molecule has 1 amide bonds. The van der Waals surface area contributed by atoms with Gasteiger partial charge in [0.15, 0.2) is 5.76 Å². The molecular formula is C11H9NO2. The Labute approximate surface area is 81.1 Å². The average molecular weight is 187 g/mol. The molecule has 0 saturated carbocycles. The van der Waals surface area contributed by atoms with Crippen LogP contribution < -0.4 is 5.73 Å². The van der Waals surface area contributed by atoms with Crippen molar-refractivity contribution in [2.45, 2.75) is 0 Å². The minimum atomic E-state index is -0.549. The zero-order chi connectivity index (χ0) is 9.97. The van der Waals surface area contributed by atoms with Crippen molar-refractivity contribution < 1.29 is 9.21 Å². The van der Waals surface area contributed by atoms with E-state index in [0.717, 1.165) is 11.1 Å². The molecule has 0 aliphatic heterocycles. The number of amides is 1. The van der Waals surface area contributed by atoms with Gasteiger partial charge in [-0.1, -0.05) is 30.3 Å². The molecule has 2 aromatic rings. The monoisotopic (exact) mass is 187 g/mol. The van der Waals surface area contributed by atoms with E-state index in [2.05, 4.69) is 0 Å². The molecule has 0 aliphatic carbocycles. The lowest BCUT2D eigenvalue weighted by Crippen LogP contribution is -2.09. The molecule has 0 bridgehead atoms. The molecule has 1 heterocycles. The number of rotatable bonds is 2. The van der Waals surface area contributed by atoms with Crippen molar-refractivity contribution in [1.82, 2.24) is 0 Å². The van der Waals surface area contributed by atoms with Crippen molar-refractivity contribution in [2.75, 3.05) is 0 Å². The SMILES string of the molecule is NC(=O)c1cc(-c2ccccc2)co1. The minimum Gasteiger partial charge on any atom is -0.459 e. The van der Waals surface area contributed by atoms with Crippen LogP contribution in [0, 0.1) is 0 Å². The van der Waals surface area contributed by atoms with Gasteiger partial charge < -0.3 is 10.2 Å². The molecule has 0 saturated heterocycles. The molecule has 2 rings (SSSR count). The highest BCUT2D eigenvalue weighted by molar-refractivity contribution is 5.91. The van der Waals surface area contributed by atoms with Crippen molar-refractivity contribution in [1.29, 1.82) is 0 Å². The number of primary amides is 1. The Morgan fingerprint density at radius 2 is 1.86 bits per heavy atom. The van der Waals surface area contributed by atoms with Gasteiger partial charge in [-0.25, -0.2) is 0 Å². The fourth-order valence-electron chi connectivity index (χ4n) is 1.25. The second kappa shape index (κ2) is 3.38. The Morgan fingerprint density at radius 3 is 2.43 bits per heavy atom. The second-order valence-electron chi connectivity index (χ2n) is 2.93. The lowest BCUT2D eigenvalue weighted by molar-refractivity contribution is 0.0974. The molecule has 0 fully saturated rings. The van der Waals surface area contributed by atoms with E-state index in [1.807, 2.05) is 30.3 Å². The first-order valence-corrected chi connectivity index (χ1v) is 4.21. The van der Waals surface area contributed by atoms with Crippen molar-refractivity contribution >= 4 is 5.91 Å². The summed E-state index contributed by atoms with van der Waals surface area (Å²) in [5.41, 5.74) is 6.94. The number of nitrogens with two attached hydrogens (primary N) is 1. The van der Waals surface area contributed by atoms with Crippen molar-refractivity contribution in [3.63, 3.8) is 0 Å². The fraction of sp³-hybridized carbons (Fsp3) is 0. The quantitative estimate of drug-likeness (QED) is 0.782. The fourth-order valence-corrected chi connectivity index (χ4v) is 1.25. The maximum atomic E-state index is 10.8. The Bertz CT molecular complexity index is 445. The number of hydrogen-bond donors (Lipinski definition) is 1. The van der Waals surface area contributed by atoms with Crippen LogP contribution >= 0.6 is 0 Å². The molecular weight excluding hydrogens is 178 g/mol. The van der Waals surface area contributed by atoms with Gasteiger partial charge in [-0.05, 0) is 11.6 Å². The summed E-state index contributed by atoms with van der Waals surface area (Å²) in [7, 11) is 0. The summed E-state index contributed by atoms with van der Waals surface area (Å²) in [5, 5.41) is 0. The molecule has 0 radical (unpaired) electrons. The summed E-state index contributed by atoms with van der Waals surface area (Å²) < 4.78 is 5.01. The molecule has 0 unspecified atom stereocenters. The maximum Gasteiger partial charge on any atom is 0.284 e. The normalized spacial score (nSPS) is 10.0. The van der Waals surface area contributed by atoms with Gasteiger partial charge in [0.25, 0.3) is 5.91 Å². The first-order valence-electron chi connectivity index (χ1n) is 4.21. The van der Waals surface area contributed by atoms with E-state index in [0.29, 0.717) is 0 Å². The van der Waals surface area contributed by atoms with Crippen LogP contribution in [-0.2, 0) is 0 Å². The van der Waals surface area contributed by atoms with Crippen LogP contribution in [0.3, 0.4) is 0 Å². The zero-order valence-electron chi connectivity index (χ0n) is 7.44. The summed E-state index contributed by atoms with van der Waals surface area (Å²) in [6.45, 7) is 0. The van der Waals surface area contributed by atoms with Gasteiger partial charge in [-0.3, -0.25) is 4.79 Å². The van der Waals surface area contributed by atoms with Crippen molar-refractivity contribution in [3.05, 3.63) is 48.4 Å². The van der Waals surface area contributed by atoms with E-state index < -0.39 is 5.91 Å². The largest absolute Gasteiger partial charge is 0.459 e. The average Bonchev–Trinajstić information content (AvgIpc) is 2.68. The van der Waals surface area contributed by atoms with Gasteiger partial charge >= 0.3 is 0 Å². The lowest BCUT2D eigenvalue weighted by atomic mass is 10.1. The van der Waals surface area contributed by atoms with E-state index in [1.165, 1.54) is 6.26 Å². The van der Waals surface area contributed by atoms with Crippen molar-refractivity contribution in [3.8, 4) is 11.1 Å². The number of furan rings is 1. The number of carbonyl (C=O) groups is 1. The smallest absolute Gasteiger partial charge is 0.284 e. The Hall–Kier alpha value is -2.03. The molecule has 0 atom stereocenters. The zero-order valence-corrected chi connectivity index (χ0v) is 7.44. The molecule has 0 spiro atoms. The van der Waals surface area contributed by atoms with Crippen LogP contribution in [0.4, 0.5) is 0 Å². The van der Waals surface area contributed by atoms with Crippen LogP contribution in [0.1, 0.15) is 10.6 Å². The van der Waals surface area contributed by atoms with Crippen molar-refractivity contribution in [2.24, 2.45) is 5.73 Å². The van der Waals surface area contributed by atoms with Gasteiger partial charge in [0.05, 0.1) is 6.26 Å². The predicted molar refractivity (Wildman–Crippen MR) is 52.7 cm³/mol. The highest BCUT2D eigenvalue weighted by Gasteiger charge is 2.07. The first kappa shape index (κ1) is 8.56. The third-order valence-corrected chi connectivity index (χ3v) is 1.95. The van der Waals surface area contributed by atoms with E-state index in [-0.39, 0.29) is 5.76 Å². The molecule has 0 aliphatic rings. The van der Waals surface area contributed by atoms with Gasteiger partial charge in [-0.2, -0.15) is 0 Å². The van der Waals surface area contributed by atoms with Crippen LogP contribution in [0.5, 0.6) is 0 Å². The lowest BCUT2D eigenvalue weighted by Gasteiger charge is -1.92. The summed E-state index contributed by atoms with van der Waals surface area (Å²) in [5.74, 6) is -0.365. The van der Waals surface area contributed by atoms with Gasteiger partial charge in [0.1, 0.15) is 0 Å². The molecule has 1 aromatic carbocycles. The third-order valence-electron chi connectivity index (χ3n) is 1.95. The maximum absolute atomic E-state index is 10.8. The molecule has 1 aromatic heterocycles. The number of benzene rings is 1. The minimum absolute atomic E-state index is 0.184. The van der Waals surface area contributed by atoms with Crippen LogP contribution in [0.15, 0.2) is 47.1 Å². The van der Waals surface area contributed by atoms with Gasteiger partial charge in [0.2, 0.25) is 0 Å². The van der Waals surface area contributed by atoms with E-state index >= 15 is 0 Å². The highest BCUT2D eigenvalue weighted by atomic mass is 16.3. The standard InChI is InChI=1S/C11H9NO2/c12-11(13)10-6-9(7-14-10)8-4-2-1-3-5-8/h1-7H,(H2,12,13). The Balaban J connectivity index is 2.39. The van der Waals surface area contributed by atoms with E-state index in [4.69, 9.17) is 10.2 Å². The first-order chi connectivity index (χ1) is 6.77.